The fraction of sp³-hybridized carbons (Fsp3) is 0.250. The van der Waals surface area contributed by atoms with Gasteiger partial charge in [-0.15, -0.1) is 0 Å². The number of amides is 2. The Balaban J connectivity index is 2.24. The Morgan fingerprint density at radius 2 is 2.21 bits per heavy atom. The molecule has 7 heteroatoms. The number of esters is 1. The summed E-state index contributed by atoms with van der Waals surface area (Å²) < 4.78 is 4.55. The Morgan fingerprint density at radius 3 is 2.79 bits per heavy atom. The van der Waals surface area contributed by atoms with E-state index in [0.717, 1.165) is 22.2 Å². The van der Waals surface area contributed by atoms with Crippen LogP contribution in [0, 0.1) is 0 Å². The van der Waals surface area contributed by atoms with Crippen molar-refractivity contribution in [3.8, 4) is 0 Å². The third-order valence-corrected chi connectivity index (χ3v) is 4.18. The number of carbonyl (C=O) groups excluding carboxylic acids is 3. The first-order valence-electron chi connectivity index (χ1n) is 5.41. The number of ether oxygens (including phenoxy) is 1. The number of imide groups is 1. The zero-order valence-electron chi connectivity index (χ0n) is 10.3. The topological polar surface area (TPSA) is 63.7 Å². The van der Waals surface area contributed by atoms with E-state index >= 15 is 0 Å². The minimum atomic E-state index is -0.911. The fourth-order valence-electron chi connectivity index (χ4n) is 1.60. The van der Waals surface area contributed by atoms with Crippen molar-refractivity contribution in [3.05, 3.63) is 27.3 Å². The molecule has 0 bridgehead atoms. The van der Waals surface area contributed by atoms with E-state index in [0.29, 0.717) is 4.91 Å². The lowest BCUT2D eigenvalue weighted by Crippen LogP contribution is -2.42. The molecule has 0 spiro atoms. The molecule has 2 amide bonds. The van der Waals surface area contributed by atoms with E-state index in [1.54, 1.807) is 6.08 Å². The molecule has 0 aliphatic carbocycles. The molecule has 5 nitrogen and oxygen atoms in total. The second kappa shape index (κ2) is 5.58. The van der Waals surface area contributed by atoms with Crippen LogP contribution in [0.1, 0.15) is 12.5 Å². The number of thiophene rings is 1. The number of rotatable bonds is 3. The second-order valence-electron chi connectivity index (χ2n) is 3.81. The lowest BCUT2D eigenvalue weighted by atomic mass is 10.2. The summed E-state index contributed by atoms with van der Waals surface area (Å²) in [6.07, 6.45) is 1.64. The maximum absolute atomic E-state index is 12.1. The molecule has 0 saturated carbocycles. The molecule has 1 saturated heterocycles. The highest BCUT2D eigenvalue weighted by Crippen LogP contribution is 2.33. The van der Waals surface area contributed by atoms with Crippen molar-refractivity contribution < 1.29 is 19.1 Å². The van der Waals surface area contributed by atoms with Crippen LogP contribution in [0.5, 0.6) is 0 Å². The van der Waals surface area contributed by atoms with E-state index < -0.39 is 23.2 Å². The molecule has 1 atom stereocenters. The van der Waals surface area contributed by atoms with Gasteiger partial charge in [-0.25, -0.2) is 4.79 Å². The number of thioether (sulfide) groups is 1. The van der Waals surface area contributed by atoms with Crippen molar-refractivity contribution in [2.45, 2.75) is 13.0 Å². The second-order valence-corrected chi connectivity index (χ2v) is 5.58. The maximum atomic E-state index is 12.1. The van der Waals surface area contributed by atoms with E-state index in [1.807, 2.05) is 16.8 Å². The zero-order chi connectivity index (χ0) is 14.0. The minimum Gasteiger partial charge on any atom is -0.467 e. The highest BCUT2D eigenvalue weighted by molar-refractivity contribution is 8.18. The molecular weight excluding hydrogens is 286 g/mol. The molecule has 1 fully saturated rings. The lowest BCUT2D eigenvalue weighted by molar-refractivity contribution is -0.148. The third kappa shape index (κ3) is 2.71. The van der Waals surface area contributed by atoms with Crippen molar-refractivity contribution in [2.24, 2.45) is 0 Å². The number of carbonyl (C=O) groups is 3. The number of nitrogens with zero attached hydrogens (tertiary/aromatic N) is 1. The Bertz CT molecular complexity index is 550. The van der Waals surface area contributed by atoms with Crippen LogP contribution in [-0.2, 0) is 14.3 Å². The molecule has 0 radical (unpaired) electrons. The van der Waals surface area contributed by atoms with Crippen molar-refractivity contribution in [3.63, 3.8) is 0 Å². The Hall–Kier alpha value is -1.60. The summed E-state index contributed by atoms with van der Waals surface area (Å²) >= 11 is 2.33. The average molecular weight is 297 g/mol. The molecule has 1 aliphatic rings. The largest absolute Gasteiger partial charge is 0.467 e. The van der Waals surface area contributed by atoms with Gasteiger partial charge in [0.15, 0.2) is 0 Å². The van der Waals surface area contributed by atoms with Gasteiger partial charge in [-0.1, -0.05) is 0 Å². The number of methoxy groups -OCH3 is 1. The van der Waals surface area contributed by atoms with Crippen LogP contribution < -0.4 is 0 Å². The standard InChI is InChI=1S/C12H11NO4S2/c1-7(11(15)17-2)13-10(14)9(19-12(13)16)5-8-3-4-18-6-8/h3-7H,1-2H3. The van der Waals surface area contributed by atoms with E-state index in [2.05, 4.69) is 4.74 Å². The normalized spacial score (nSPS) is 19.1. The van der Waals surface area contributed by atoms with Crippen LogP contribution >= 0.6 is 23.1 Å². The number of hydrogen-bond donors (Lipinski definition) is 0. The first-order valence-corrected chi connectivity index (χ1v) is 7.17. The van der Waals surface area contributed by atoms with Gasteiger partial charge in [0.25, 0.3) is 11.1 Å². The van der Waals surface area contributed by atoms with E-state index in [1.165, 1.54) is 25.4 Å². The van der Waals surface area contributed by atoms with Gasteiger partial charge in [0.1, 0.15) is 6.04 Å². The molecule has 1 unspecified atom stereocenters. The molecule has 0 N–H and O–H groups in total. The van der Waals surface area contributed by atoms with Gasteiger partial charge in [0.2, 0.25) is 0 Å². The van der Waals surface area contributed by atoms with Crippen molar-refractivity contribution in [2.75, 3.05) is 7.11 Å². The lowest BCUT2D eigenvalue weighted by Gasteiger charge is -2.18. The Morgan fingerprint density at radius 1 is 1.47 bits per heavy atom. The van der Waals surface area contributed by atoms with Gasteiger partial charge in [-0.05, 0) is 47.2 Å². The highest BCUT2D eigenvalue weighted by Gasteiger charge is 2.41. The summed E-state index contributed by atoms with van der Waals surface area (Å²) in [6.45, 7) is 1.47. The predicted molar refractivity (Wildman–Crippen MR) is 73.6 cm³/mol. The molecule has 100 valence electrons. The van der Waals surface area contributed by atoms with Crippen molar-refractivity contribution >= 4 is 46.3 Å². The van der Waals surface area contributed by atoms with Crippen molar-refractivity contribution in [1.29, 1.82) is 0 Å². The van der Waals surface area contributed by atoms with Gasteiger partial charge in [0.05, 0.1) is 12.0 Å². The van der Waals surface area contributed by atoms with Gasteiger partial charge in [0, 0.05) is 0 Å². The molecule has 19 heavy (non-hydrogen) atoms. The third-order valence-electron chi connectivity index (χ3n) is 2.59. The van der Waals surface area contributed by atoms with Crippen LogP contribution in [0.3, 0.4) is 0 Å². The summed E-state index contributed by atoms with van der Waals surface area (Å²) in [4.78, 5) is 36.6. The Kier molecular flexibility index (Phi) is 4.06. The molecule has 2 rings (SSSR count). The number of hydrogen-bond acceptors (Lipinski definition) is 6. The maximum Gasteiger partial charge on any atom is 0.328 e. The Labute approximate surface area is 118 Å². The predicted octanol–water partition coefficient (Wildman–Crippen LogP) is 2.35. The first kappa shape index (κ1) is 13.8. The smallest absolute Gasteiger partial charge is 0.328 e. The monoisotopic (exact) mass is 297 g/mol. The van der Waals surface area contributed by atoms with E-state index in [9.17, 15) is 14.4 Å². The molecule has 1 aromatic heterocycles. The quantitative estimate of drug-likeness (QED) is 0.633. The molecule has 0 aromatic carbocycles. The average Bonchev–Trinajstić information content (AvgIpc) is 2.98. The summed E-state index contributed by atoms with van der Waals surface area (Å²) in [5.41, 5.74) is 0.862. The summed E-state index contributed by atoms with van der Waals surface area (Å²) in [6, 6.07) is 0.938. The van der Waals surface area contributed by atoms with E-state index in [4.69, 9.17) is 0 Å². The summed E-state index contributed by atoms with van der Waals surface area (Å²) in [5.74, 6) is -1.07. The van der Waals surface area contributed by atoms with Crippen LogP contribution in [0.15, 0.2) is 21.7 Å². The SMILES string of the molecule is COC(=O)C(C)N1C(=O)SC(=Cc2ccsc2)C1=O. The van der Waals surface area contributed by atoms with Crippen LogP contribution in [0.4, 0.5) is 4.79 Å². The van der Waals surface area contributed by atoms with Crippen LogP contribution in [0.2, 0.25) is 0 Å². The van der Waals surface area contributed by atoms with Gasteiger partial charge < -0.3 is 4.74 Å². The minimum absolute atomic E-state index is 0.319. The van der Waals surface area contributed by atoms with Gasteiger partial charge in [-0.2, -0.15) is 11.3 Å². The van der Waals surface area contributed by atoms with Crippen LogP contribution in [-0.4, -0.2) is 35.2 Å². The molecule has 2 heterocycles. The molecular formula is C12H11NO4S2. The zero-order valence-corrected chi connectivity index (χ0v) is 11.9. The van der Waals surface area contributed by atoms with Gasteiger partial charge in [-0.3, -0.25) is 14.5 Å². The first-order chi connectivity index (χ1) is 9.04. The fourth-order valence-corrected chi connectivity index (χ4v) is 3.12. The van der Waals surface area contributed by atoms with Gasteiger partial charge >= 0.3 is 5.97 Å². The highest BCUT2D eigenvalue weighted by atomic mass is 32.2. The van der Waals surface area contributed by atoms with Crippen LogP contribution in [0.25, 0.3) is 6.08 Å². The van der Waals surface area contributed by atoms with E-state index in [-0.39, 0.29) is 0 Å². The molecule has 1 aliphatic heterocycles. The summed E-state index contributed by atoms with van der Waals surface area (Å²) in [7, 11) is 1.22. The summed E-state index contributed by atoms with van der Waals surface area (Å²) in [5, 5.41) is 3.30. The molecule has 1 aromatic rings. The van der Waals surface area contributed by atoms with Crippen molar-refractivity contribution in [1.82, 2.24) is 4.90 Å².